The highest BCUT2D eigenvalue weighted by molar-refractivity contribution is 6.10. The lowest BCUT2D eigenvalue weighted by Crippen LogP contribution is -2.36. The lowest BCUT2D eigenvalue weighted by Gasteiger charge is -2.45. The monoisotopic (exact) mass is 978 g/mol. The van der Waals surface area contributed by atoms with Gasteiger partial charge < -0.3 is 14.2 Å². The smallest absolute Gasteiger partial charge is 0.143 e. The van der Waals surface area contributed by atoms with Crippen LogP contribution in [0.5, 0.6) is 0 Å². The minimum absolute atomic E-state index is 0.500. The zero-order chi connectivity index (χ0) is 50.4. The van der Waals surface area contributed by atoms with E-state index in [0.717, 1.165) is 55.8 Å². The third kappa shape index (κ3) is 5.49. The fourth-order valence-electron chi connectivity index (χ4n) is 14.6. The zero-order valence-electron chi connectivity index (χ0n) is 41.9. The van der Waals surface area contributed by atoms with Crippen LogP contribution in [0.4, 0.5) is 34.1 Å². The first-order chi connectivity index (χ1) is 38.2. The van der Waals surface area contributed by atoms with Crippen molar-refractivity contribution in [3.63, 3.8) is 0 Å². The van der Waals surface area contributed by atoms with Gasteiger partial charge in [-0.05, 0) is 139 Å². The molecule has 0 saturated heterocycles. The molecule has 4 aliphatic rings. The van der Waals surface area contributed by atoms with Crippen molar-refractivity contribution in [1.29, 1.82) is 0 Å². The third-order valence-corrected chi connectivity index (χ3v) is 17.5. The summed E-state index contributed by atoms with van der Waals surface area (Å²) in [5, 5.41) is 2.25. The molecule has 358 valence electrons. The average molecular weight is 979 g/mol. The minimum atomic E-state index is -0.631. The summed E-state index contributed by atoms with van der Waals surface area (Å²) in [6.45, 7) is 0. The van der Waals surface area contributed by atoms with E-state index in [4.69, 9.17) is 4.42 Å². The largest absolute Gasteiger partial charge is 0.455 e. The summed E-state index contributed by atoms with van der Waals surface area (Å²) in [5.74, 6) is 0. The second kappa shape index (κ2) is 15.8. The molecule has 0 atom stereocenters. The molecule has 2 spiro atoms. The van der Waals surface area contributed by atoms with Crippen molar-refractivity contribution in [2.45, 2.75) is 10.8 Å². The standard InChI is InChI=1S/C74H46N2O/c1-2-20-48(21-3-1)76-67-36-15-13-33-63(67)74(64-34-14-16-37-68(64)76)61-31-11-6-24-54(61)55-45-44-50(46-66(55)74)75(49-42-40-47(41-43-49)51-27-18-28-57-56-25-8-17-39-70(56)77-72(51)57)69-38-19-35-65-71(69)58-26-7-12-32-62(58)73(65)59-29-9-4-22-52(59)53-23-5-10-30-60(53)73/h1-46H. The van der Waals surface area contributed by atoms with Crippen LogP contribution in [0.15, 0.2) is 283 Å². The molecule has 0 unspecified atom stereocenters. The van der Waals surface area contributed by atoms with Crippen molar-refractivity contribution >= 4 is 56.1 Å². The summed E-state index contributed by atoms with van der Waals surface area (Å²) < 4.78 is 6.63. The van der Waals surface area contributed by atoms with Gasteiger partial charge in [-0.15, -0.1) is 0 Å². The molecule has 0 saturated carbocycles. The first-order valence-electron chi connectivity index (χ1n) is 26.7. The maximum absolute atomic E-state index is 6.63. The van der Waals surface area contributed by atoms with Gasteiger partial charge in [0.05, 0.1) is 27.9 Å². The van der Waals surface area contributed by atoms with E-state index in [2.05, 4.69) is 283 Å². The number of para-hydroxylation sites is 5. The lowest BCUT2D eigenvalue weighted by atomic mass is 9.64. The quantitative estimate of drug-likeness (QED) is 0.171. The molecule has 2 heterocycles. The van der Waals surface area contributed by atoms with Gasteiger partial charge in [-0.1, -0.05) is 218 Å². The normalized spacial score (nSPS) is 14.2. The fraction of sp³-hybridized carbons (Fsp3) is 0.0270. The number of nitrogens with zero attached hydrogens (tertiary/aromatic N) is 2. The van der Waals surface area contributed by atoms with E-state index < -0.39 is 10.8 Å². The number of anilines is 6. The second-order valence-corrected chi connectivity index (χ2v) is 21.0. The van der Waals surface area contributed by atoms with Gasteiger partial charge in [0.25, 0.3) is 0 Å². The topological polar surface area (TPSA) is 19.6 Å². The minimum Gasteiger partial charge on any atom is -0.455 e. The Labute approximate surface area is 446 Å². The van der Waals surface area contributed by atoms with Gasteiger partial charge in [-0.25, -0.2) is 0 Å². The Bertz CT molecular complexity index is 4510. The van der Waals surface area contributed by atoms with Crippen molar-refractivity contribution in [3.05, 3.63) is 324 Å². The lowest BCUT2D eigenvalue weighted by molar-refractivity contribution is 0.670. The van der Waals surface area contributed by atoms with Crippen LogP contribution in [-0.4, -0.2) is 0 Å². The van der Waals surface area contributed by atoms with Crippen LogP contribution in [0.2, 0.25) is 0 Å². The van der Waals surface area contributed by atoms with E-state index in [1.54, 1.807) is 0 Å². The Kier molecular flexibility index (Phi) is 8.69. The van der Waals surface area contributed by atoms with E-state index in [9.17, 15) is 0 Å². The van der Waals surface area contributed by atoms with E-state index in [1.165, 1.54) is 89.3 Å². The van der Waals surface area contributed by atoms with Gasteiger partial charge in [-0.2, -0.15) is 0 Å². The molecule has 3 aliphatic carbocycles. The number of rotatable bonds is 5. The van der Waals surface area contributed by atoms with Crippen molar-refractivity contribution in [2.75, 3.05) is 9.80 Å². The zero-order valence-corrected chi connectivity index (χ0v) is 41.9. The number of fused-ring (bicyclic) bond motifs is 22. The Morgan fingerprint density at radius 3 is 1.44 bits per heavy atom. The van der Waals surface area contributed by atoms with Crippen LogP contribution in [0, 0.1) is 0 Å². The SMILES string of the molecule is c1ccc(N2c3ccccc3C3(c4ccccc4-c4ccc(N(c5ccc(-c6cccc7c6oc6ccccc67)cc5)c5cccc6c5-c5ccccc5C65c6ccccc6-c6ccccc65)cc43)c3ccccc32)cc1. The molecular weight excluding hydrogens is 933 g/mol. The van der Waals surface area contributed by atoms with Crippen LogP contribution in [-0.2, 0) is 10.8 Å². The summed E-state index contributed by atoms with van der Waals surface area (Å²) in [6, 6.07) is 104. The maximum Gasteiger partial charge on any atom is 0.143 e. The molecule has 0 radical (unpaired) electrons. The van der Waals surface area contributed by atoms with Crippen molar-refractivity contribution in [2.24, 2.45) is 0 Å². The molecule has 0 fully saturated rings. The number of hydrogen-bond acceptors (Lipinski definition) is 3. The molecule has 77 heavy (non-hydrogen) atoms. The van der Waals surface area contributed by atoms with E-state index in [0.29, 0.717) is 0 Å². The summed E-state index contributed by atoms with van der Waals surface area (Å²) in [5.41, 5.74) is 27.6. The molecule has 1 aromatic heterocycles. The highest BCUT2D eigenvalue weighted by atomic mass is 16.3. The highest BCUT2D eigenvalue weighted by Gasteiger charge is 2.54. The van der Waals surface area contributed by atoms with Crippen LogP contribution < -0.4 is 9.80 Å². The number of hydrogen-bond donors (Lipinski definition) is 0. The molecule has 12 aromatic carbocycles. The van der Waals surface area contributed by atoms with E-state index in [1.807, 2.05) is 6.07 Å². The molecule has 0 bridgehead atoms. The molecule has 17 rings (SSSR count). The summed E-state index contributed by atoms with van der Waals surface area (Å²) in [6.07, 6.45) is 0. The Morgan fingerprint density at radius 1 is 0.312 bits per heavy atom. The van der Waals surface area contributed by atoms with Gasteiger partial charge >= 0.3 is 0 Å². The summed E-state index contributed by atoms with van der Waals surface area (Å²) >= 11 is 0. The Balaban J connectivity index is 0.935. The van der Waals surface area contributed by atoms with Gasteiger partial charge in [0.2, 0.25) is 0 Å². The fourth-order valence-corrected chi connectivity index (χ4v) is 14.6. The number of furan rings is 1. The molecule has 13 aromatic rings. The predicted molar refractivity (Wildman–Crippen MR) is 316 cm³/mol. The maximum atomic E-state index is 6.63. The molecule has 0 amide bonds. The van der Waals surface area contributed by atoms with Crippen LogP contribution in [0.3, 0.4) is 0 Å². The molecule has 1 aliphatic heterocycles. The first-order valence-corrected chi connectivity index (χ1v) is 26.7. The summed E-state index contributed by atoms with van der Waals surface area (Å²) in [7, 11) is 0. The molecule has 3 nitrogen and oxygen atoms in total. The van der Waals surface area contributed by atoms with Gasteiger partial charge in [0, 0.05) is 39.0 Å². The van der Waals surface area contributed by atoms with Crippen LogP contribution in [0.1, 0.15) is 44.5 Å². The van der Waals surface area contributed by atoms with Gasteiger partial charge in [-0.3, -0.25) is 0 Å². The molecule has 3 heteroatoms. The van der Waals surface area contributed by atoms with Crippen LogP contribution in [0.25, 0.3) is 66.4 Å². The van der Waals surface area contributed by atoms with Crippen LogP contribution >= 0.6 is 0 Å². The highest BCUT2D eigenvalue weighted by Crippen LogP contribution is 2.67. The predicted octanol–water partition coefficient (Wildman–Crippen LogP) is 19.2. The van der Waals surface area contributed by atoms with E-state index in [-0.39, 0.29) is 0 Å². The summed E-state index contributed by atoms with van der Waals surface area (Å²) in [4.78, 5) is 5.00. The first kappa shape index (κ1) is 42.4. The molecule has 0 N–H and O–H groups in total. The third-order valence-electron chi connectivity index (χ3n) is 17.5. The molecular formula is C74H46N2O. The van der Waals surface area contributed by atoms with Crippen molar-refractivity contribution in [3.8, 4) is 44.5 Å². The Morgan fingerprint density at radius 2 is 0.779 bits per heavy atom. The number of benzene rings is 12. The second-order valence-electron chi connectivity index (χ2n) is 21.0. The van der Waals surface area contributed by atoms with E-state index >= 15 is 0 Å². The average Bonchev–Trinajstić information content (AvgIpc) is 4.11. The van der Waals surface area contributed by atoms with Gasteiger partial charge in [0.1, 0.15) is 11.2 Å². The van der Waals surface area contributed by atoms with Crippen molar-refractivity contribution in [1.82, 2.24) is 0 Å². The Hall–Kier alpha value is -9.96. The van der Waals surface area contributed by atoms with Gasteiger partial charge in [0.15, 0.2) is 0 Å². The van der Waals surface area contributed by atoms with Crippen molar-refractivity contribution < 1.29 is 4.42 Å².